The summed E-state index contributed by atoms with van der Waals surface area (Å²) in [6.45, 7) is 2.97. The van der Waals surface area contributed by atoms with Gasteiger partial charge in [-0.05, 0) is 31.0 Å². The van der Waals surface area contributed by atoms with Crippen LogP contribution in [-0.4, -0.2) is 28.3 Å². The van der Waals surface area contributed by atoms with Crippen LogP contribution in [0.25, 0.3) is 0 Å². The lowest BCUT2D eigenvalue weighted by atomic mass is 10.1. The van der Waals surface area contributed by atoms with E-state index in [-0.39, 0.29) is 18.7 Å². The van der Waals surface area contributed by atoms with E-state index in [0.717, 1.165) is 23.6 Å². The Morgan fingerprint density at radius 3 is 3.09 bits per heavy atom. The molecule has 0 spiro atoms. The largest absolute Gasteiger partial charge is 0.454 e. The van der Waals surface area contributed by atoms with Crippen LogP contribution in [0.3, 0.4) is 0 Å². The predicted octanol–water partition coefficient (Wildman–Crippen LogP) is 1.75. The Kier molecular flexibility index (Phi) is 4.27. The molecule has 1 atom stereocenters. The van der Waals surface area contributed by atoms with Gasteiger partial charge in [-0.3, -0.25) is 4.79 Å². The van der Waals surface area contributed by atoms with Gasteiger partial charge in [-0.2, -0.15) is 0 Å². The highest BCUT2D eigenvalue weighted by atomic mass is 16.7. The van der Waals surface area contributed by atoms with E-state index in [2.05, 4.69) is 10.3 Å². The number of fused-ring (bicyclic) bond motifs is 1. The molecule has 2 aromatic rings. The second-order valence-corrected chi connectivity index (χ2v) is 5.42. The fourth-order valence-corrected chi connectivity index (χ4v) is 2.46. The van der Waals surface area contributed by atoms with Crippen molar-refractivity contribution in [2.45, 2.75) is 32.4 Å². The molecule has 0 aliphatic carbocycles. The molecule has 1 aromatic heterocycles. The van der Waals surface area contributed by atoms with Crippen LogP contribution in [0.4, 0.5) is 0 Å². The maximum atomic E-state index is 12.0. The smallest absolute Gasteiger partial charge is 0.231 e. The summed E-state index contributed by atoms with van der Waals surface area (Å²) >= 11 is 0. The lowest BCUT2D eigenvalue weighted by molar-refractivity contribution is -0.121. The topological polar surface area (TPSA) is 65.4 Å². The Labute approximate surface area is 129 Å². The minimum Gasteiger partial charge on any atom is -0.454 e. The van der Waals surface area contributed by atoms with Gasteiger partial charge < -0.3 is 19.4 Å². The van der Waals surface area contributed by atoms with Crippen LogP contribution >= 0.6 is 0 Å². The van der Waals surface area contributed by atoms with Crippen molar-refractivity contribution in [3.8, 4) is 11.5 Å². The van der Waals surface area contributed by atoms with Gasteiger partial charge in [-0.1, -0.05) is 6.07 Å². The molecule has 2 heterocycles. The standard InChI is InChI=1S/C16H19N3O3/c1-12(9-19-7-6-17-10-19)18-16(20)5-3-13-2-4-14-15(8-13)22-11-21-14/h2,4,6-8,10,12H,3,5,9,11H2,1H3,(H,18,20)/t12-/m1/s1. The second kappa shape index (κ2) is 6.51. The number of carbonyl (C=O) groups excluding carboxylic acids is 1. The molecule has 0 fully saturated rings. The highest BCUT2D eigenvalue weighted by Crippen LogP contribution is 2.32. The Hall–Kier alpha value is -2.50. The molecule has 1 aromatic carbocycles. The number of amides is 1. The van der Waals surface area contributed by atoms with Gasteiger partial charge >= 0.3 is 0 Å². The summed E-state index contributed by atoms with van der Waals surface area (Å²) in [5.41, 5.74) is 1.07. The number of ether oxygens (including phenoxy) is 2. The minimum atomic E-state index is 0.0466. The minimum absolute atomic E-state index is 0.0466. The third-order valence-electron chi connectivity index (χ3n) is 3.53. The zero-order chi connectivity index (χ0) is 15.4. The van der Waals surface area contributed by atoms with Crippen LogP contribution < -0.4 is 14.8 Å². The summed E-state index contributed by atoms with van der Waals surface area (Å²) in [7, 11) is 0. The highest BCUT2D eigenvalue weighted by molar-refractivity contribution is 5.76. The lowest BCUT2D eigenvalue weighted by Crippen LogP contribution is -2.35. The number of nitrogens with zero attached hydrogens (tertiary/aromatic N) is 2. The van der Waals surface area contributed by atoms with Crippen molar-refractivity contribution in [2.24, 2.45) is 0 Å². The predicted molar refractivity (Wildman–Crippen MR) is 80.7 cm³/mol. The Bertz CT molecular complexity index is 640. The molecular formula is C16H19N3O3. The van der Waals surface area contributed by atoms with E-state index >= 15 is 0 Å². The first-order chi connectivity index (χ1) is 10.7. The molecule has 6 heteroatoms. The van der Waals surface area contributed by atoms with Crippen molar-refractivity contribution in [1.29, 1.82) is 0 Å². The molecule has 0 saturated carbocycles. The average molecular weight is 301 g/mol. The number of hydrogen-bond acceptors (Lipinski definition) is 4. The van der Waals surface area contributed by atoms with Crippen LogP contribution in [0.5, 0.6) is 11.5 Å². The van der Waals surface area contributed by atoms with E-state index in [4.69, 9.17) is 9.47 Å². The van der Waals surface area contributed by atoms with Crippen molar-refractivity contribution in [2.75, 3.05) is 6.79 Å². The third-order valence-corrected chi connectivity index (χ3v) is 3.53. The van der Waals surface area contributed by atoms with Crippen LogP contribution in [0.1, 0.15) is 18.9 Å². The molecule has 3 rings (SSSR count). The monoisotopic (exact) mass is 301 g/mol. The molecule has 6 nitrogen and oxygen atoms in total. The van der Waals surface area contributed by atoms with E-state index in [1.165, 1.54) is 0 Å². The Morgan fingerprint density at radius 2 is 2.27 bits per heavy atom. The fourth-order valence-electron chi connectivity index (χ4n) is 2.46. The van der Waals surface area contributed by atoms with Gasteiger partial charge in [0.1, 0.15) is 0 Å². The number of aromatic nitrogens is 2. The second-order valence-electron chi connectivity index (χ2n) is 5.42. The third kappa shape index (κ3) is 3.58. The van der Waals surface area contributed by atoms with Gasteiger partial charge in [0.2, 0.25) is 12.7 Å². The van der Waals surface area contributed by atoms with E-state index in [0.29, 0.717) is 12.8 Å². The Morgan fingerprint density at radius 1 is 1.41 bits per heavy atom. The molecular weight excluding hydrogens is 282 g/mol. The molecule has 0 unspecified atom stereocenters. The van der Waals surface area contributed by atoms with E-state index < -0.39 is 0 Å². The molecule has 0 radical (unpaired) electrons. The quantitative estimate of drug-likeness (QED) is 0.883. The SMILES string of the molecule is C[C@H](Cn1ccnc1)NC(=O)CCc1ccc2c(c1)OCO2. The molecule has 1 amide bonds. The number of benzene rings is 1. The zero-order valence-electron chi connectivity index (χ0n) is 12.5. The molecule has 1 aliphatic rings. The fraction of sp³-hybridized carbons (Fsp3) is 0.375. The number of imidazole rings is 1. The molecule has 0 bridgehead atoms. The summed E-state index contributed by atoms with van der Waals surface area (Å²) in [5.74, 6) is 1.57. The Balaban J connectivity index is 1.46. The highest BCUT2D eigenvalue weighted by Gasteiger charge is 2.14. The average Bonchev–Trinajstić information content (AvgIpc) is 3.15. The maximum Gasteiger partial charge on any atom is 0.231 e. The maximum absolute atomic E-state index is 12.0. The normalized spacial score (nSPS) is 13.9. The van der Waals surface area contributed by atoms with Gasteiger partial charge in [0.05, 0.1) is 6.33 Å². The lowest BCUT2D eigenvalue weighted by Gasteiger charge is -2.14. The molecule has 22 heavy (non-hydrogen) atoms. The van der Waals surface area contributed by atoms with Crippen molar-refractivity contribution in [3.05, 3.63) is 42.5 Å². The zero-order valence-corrected chi connectivity index (χ0v) is 12.5. The molecule has 0 saturated heterocycles. The first kappa shape index (κ1) is 14.4. The first-order valence-corrected chi connectivity index (χ1v) is 7.34. The van der Waals surface area contributed by atoms with Crippen LogP contribution in [0.2, 0.25) is 0 Å². The summed E-state index contributed by atoms with van der Waals surface area (Å²) in [5, 5.41) is 3.00. The number of aryl methyl sites for hydroxylation is 1. The molecule has 116 valence electrons. The first-order valence-electron chi connectivity index (χ1n) is 7.34. The van der Waals surface area contributed by atoms with Crippen LogP contribution in [-0.2, 0) is 17.8 Å². The van der Waals surface area contributed by atoms with Crippen molar-refractivity contribution in [1.82, 2.24) is 14.9 Å². The van der Waals surface area contributed by atoms with Gasteiger partial charge in [0, 0.05) is 31.4 Å². The molecule has 1 N–H and O–H groups in total. The van der Waals surface area contributed by atoms with E-state index in [1.807, 2.05) is 35.9 Å². The number of rotatable bonds is 6. The van der Waals surface area contributed by atoms with Crippen molar-refractivity contribution < 1.29 is 14.3 Å². The van der Waals surface area contributed by atoms with Gasteiger partial charge in [0.25, 0.3) is 0 Å². The number of carbonyl (C=O) groups is 1. The number of nitrogens with one attached hydrogen (secondary N) is 1. The number of hydrogen-bond donors (Lipinski definition) is 1. The van der Waals surface area contributed by atoms with Crippen molar-refractivity contribution >= 4 is 5.91 Å². The van der Waals surface area contributed by atoms with Gasteiger partial charge in [-0.15, -0.1) is 0 Å². The van der Waals surface area contributed by atoms with Crippen molar-refractivity contribution in [3.63, 3.8) is 0 Å². The summed E-state index contributed by atoms with van der Waals surface area (Å²) in [6.07, 6.45) is 6.49. The summed E-state index contributed by atoms with van der Waals surface area (Å²) in [6, 6.07) is 5.86. The van der Waals surface area contributed by atoms with E-state index in [1.54, 1.807) is 12.5 Å². The summed E-state index contributed by atoms with van der Waals surface area (Å²) < 4.78 is 12.6. The van der Waals surface area contributed by atoms with E-state index in [9.17, 15) is 4.79 Å². The van der Waals surface area contributed by atoms with Crippen LogP contribution in [0, 0.1) is 0 Å². The summed E-state index contributed by atoms with van der Waals surface area (Å²) in [4.78, 5) is 16.0. The van der Waals surface area contributed by atoms with Gasteiger partial charge in [-0.25, -0.2) is 4.98 Å². The molecule has 1 aliphatic heterocycles. The van der Waals surface area contributed by atoms with Gasteiger partial charge in [0.15, 0.2) is 11.5 Å². The van der Waals surface area contributed by atoms with Crippen LogP contribution in [0.15, 0.2) is 36.9 Å².